The summed E-state index contributed by atoms with van der Waals surface area (Å²) < 4.78 is 34.9. The first-order valence-electron chi connectivity index (χ1n) is 9.51. The molecule has 0 bridgehead atoms. The number of aromatic nitrogens is 2. The molecule has 1 aliphatic rings. The van der Waals surface area contributed by atoms with Crippen LogP contribution in [0.2, 0.25) is 0 Å². The maximum Gasteiger partial charge on any atom is 0.240 e. The minimum absolute atomic E-state index is 0.0731. The summed E-state index contributed by atoms with van der Waals surface area (Å²) in [6, 6.07) is 6.78. The number of hydrogen-bond acceptors (Lipinski definition) is 5. The minimum atomic E-state index is -3.52. The van der Waals surface area contributed by atoms with Gasteiger partial charge in [0.1, 0.15) is 6.10 Å². The quantitative estimate of drug-likeness (QED) is 0.404. The summed E-state index contributed by atoms with van der Waals surface area (Å²) in [5, 5.41) is 7.42. The number of guanidine groups is 1. The van der Waals surface area contributed by atoms with Crippen LogP contribution in [0.4, 0.5) is 0 Å². The molecule has 1 aliphatic heterocycles. The molecule has 158 valence electrons. The predicted octanol–water partition coefficient (Wildman–Crippen LogP) is 0.656. The Morgan fingerprint density at radius 3 is 2.72 bits per heavy atom. The predicted molar refractivity (Wildman–Crippen MR) is 111 cm³/mol. The molecule has 0 amide bonds. The smallest absolute Gasteiger partial charge is 0.240 e. The van der Waals surface area contributed by atoms with E-state index in [1.807, 2.05) is 26.4 Å². The van der Waals surface area contributed by atoms with E-state index in [0.29, 0.717) is 26.2 Å². The molecule has 1 aromatic heterocycles. The van der Waals surface area contributed by atoms with Gasteiger partial charge in [-0.05, 0) is 19.1 Å². The first-order chi connectivity index (χ1) is 13.9. The number of morpholine rings is 1. The zero-order chi connectivity index (χ0) is 20.9. The Kier molecular flexibility index (Phi) is 6.88. The third-order valence-electron chi connectivity index (χ3n) is 4.71. The van der Waals surface area contributed by atoms with E-state index < -0.39 is 10.0 Å². The van der Waals surface area contributed by atoms with Crippen molar-refractivity contribution in [2.24, 2.45) is 12.0 Å². The molecule has 2 N–H and O–H groups in total. The third kappa shape index (κ3) is 5.55. The van der Waals surface area contributed by atoms with Gasteiger partial charge in [0.2, 0.25) is 10.0 Å². The minimum Gasteiger partial charge on any atom is -0.370 e. The summed E-state index contributed by atoms with van der Waals surface area (Å²) in [5.41, 5.74) is 2.04. The van der Waals surface area contributed by atoms with Gasteiger partial charge in [0.15, 0.2) is 5.96 Å². The molecular formula is C19H28N6O3S. The molecule has 10 heteroatoms. The number of aryl methyl sites for hydroxylation is 2. The van der Waals surface area contributed by atoms with Crippen molar-refractivity contribution in [3.05, 3.63) is 47.8 Å². The Labute approximate surface area is 171 Å². The first kappa shape index (κ1) is 21.3. The number of ether oxygens (including phenoxy) is 1. The molecule has 1 aromatic carbocycles. The number of hydrogen-bond donors (Lipinski definition) is 2. The van der Waals surface area contributed by atoms with Crippen LogP contribution in [0.15, 0.2) is 46.5 Å². The highest BCUT2D eigenvalue weighted by Crippen LogP contribution is 2.21. The number of nitrogens with one attached hydrogen (secondary N) is 2. The Hall–Kier alpha value is -2.43. The van der Waals surface area contributed by atoms with Crippen LogP contribution in [0.25, 0.3) is 0 Å². The van der Waals surface area contributed by atoms with Crippen LogP contribution >= 0.6 is 0 Å². The van der Waals surface area contributed by atoms with Gasteiger partial charge in [0.25, 0.3) is 0 Å². The highest BCUT2D eigenvalue weighted by atomic mass is 32.2. The second-order valence-electron chi connectivity index (χ2n) is 6.94. The number of sulfonamides is 1. The average Bonchev–Trinajstić information content (AvgIpc) is 3.15. The van der Waals surface area contributed by atoms with Crippen LogP contribution in [0.3, 0.4) is 0 Å². The zero-order valence-electron chi connectivity index (χ0n) is 17.0. The second-order valence-corrected chi connectivity index (χ2v) is 8.70. The summed E-state index contributed by atoms with van der Waals surface area (Å²) in [4.78, 5) is 6.70. The molecule has 2 heterocycles. The maximum atomic E-state index is 12.4. The standard InChI is InChI=1S/C19H28N6O3S/c1-15-4-6-17(7-5-15)29(26,27)23-9-8-21-19(20-2)25-10-11-28-18(14-25)16-12-22-24(3)13-16/h4-7,12-13,18,23H,8-11,14H2,1-3H3,(H,20,21). The normalized spacial score (nSPS) is 18.1. The van der Waals surface area contributed by atoms with Gasteiger partial charge in [0.05, 0.1) is 24.2 Å². The topological polar surface area (TPSA) is 101 Å². The van der Waals surface area contributed by atoms with Crippen molar-refractivity contribution in [3.63, 3.8) is 0 Å². The molecular weight excluding hydrogens is 392 g/mol. The molecule has 1 fully saturated rings. The molecule has 1 unspecified atom stereocenters. The van der Waals surface area contributed by atoms with E-state index in [9.17, 15) is 8.42 Å². The zero-order valence-corrected chi connectivity index (χ0v) is 17.8. The van der Waals surface area contributed by atoms with Crippen LogP contribution in [-0.2, 0) is 21.8 Å². The van der Waals surface area contributed by atoms with E-state index in [4.69, 9.17) is 4.74 Å². The molecule has 9 nitrogen and oxygen atoms in total. The number of nitrogens with zero attached hydrogens (tertiary/aromatic N) is 4. The van der Waals surface area contributed by atoms with E-state index in [1.165, 1.54) is 0 Å². The van der Waals surface area contributed by atoms with Gasteiger partial charge in [-0.25, -0.2) is 13.1 Å². The Morgan fingerprint density at radius 1 is 1.31 bits per heavy atom. The third-order valence-corrected chi connectivity index (χ3v) is 6.18. The van der Waals surface area contributed by atoms with E-state index >= 15 is 0 Å². The number of benzene rings is 1. The molecule has 0 spiro atoms. The van der Waals surface area contributed by atoms with Crippen molar-refractivity contribution in [2.45, 2.75) is 17.9 Å². The van der Waals surface area contributed by atoms with Crippen molar-refractivity contribution in [1.29, 1.82) is 0 Å². The van der Waals surface area contributed by atoms with Crippen molar-refractivity contribution in [1.82, 2.24) is 24.7 Å². The van der Waals surface area contributed by atoms with Crippen LogP contribution in [-0.4, -0.2) is 68.9 Å². The first-order valence-corrected chi connectivity index (χ1v) is 11.0. The van der Waals surface area contributed by atoms with E-state index in [-0.39, 0.29) is 17.5 Å². The summed E-state index contributed by atoms with van der Waals surface area (Å²) >= 11 is 0. The van der Waals surface area contributed by atoms with Gasteiger partial charge in [-0.2, -0.15) is 5.10 Å². The summed E-state index contributed by atoms with van der Waals surface area (Å²) in [5.74, 6) is 0.719. The number of rotatable bonds is 6. The van der Waals surface area contributed by atoms with Crippen LogP contribution in [0.1, 0.15) is 17.2 Å². The van der Waals surface area contributed by atoms with Gasteiger partial charge in [-0.3, -0.25) is 9.67 Å². The van der Waals surface area contributed by atoms with Gasteiger partial charge in [-0.15, -0.1) is 0 Å². The molecule has 1 atom stereocenters. The van der Waals surface area contributed by atoms with Gasteiger partial charge in [0, 0.05) is 45.5 Å². The summed E-state index contributed by atoms with van der Waals surface area (Å²) in [7, 11) is 0.0711. The van der Waals surface area contributed by atoms with Crippen molar-refractivity contribution in [2.75, 3.05) is 39.8 Å². The fraction of sp³-hybridized carbons (Fsp3) is 0.474. The van der Waals surface area contributed by atoms with Gasteiger partial charge in [-0.1, -0.05) is 17.7 Å². The lowest BCUT2D eigenvalue weighted by Crippen LogP contribution is -2.49. The Bertz CT molecular complexity index is 939. The van der Waals surface area contributed by atoms with Crippen molar-refractivity contribution < 1.29 is 13.2 Å². The molecule has 0 radical (unpaired) electrons. The lowest BCUT2D eigenvalue weighted by atomic mass is 10.1. The molecule has 29 heavy (non-hydrogen) atoms. The van der Waals surface area contributed by atoms with Crippen LogP contribution < -0.4 is 10.0 Å². The van der Waals surface area contributed by atoms with Gasteiger partial charge >= 0.3 is 0 Å². The molecule has 1 saturated heterocycles. The van der Waals surface area contributed by atoms with Crippen molar-refractivity contribution in [3.8, 4) is 0 Å². The largest absolute Gasteiger partial charge is 0.370 e. The average molecular weight is 421 g/mol. The lowest BCUT2D eigenvalue weighted by Gasteiger charge is -2.34. The highest BCUT2D eigenvalue weighted by molar-refractivity contribution is 7.89. The van der Waals surface area contributed by atoms with Crippen LogP contribution in [0.5, 0.6) is 0 Å². The van der Waals surface area contributed by atoms with E-state index in [2.05, 4.69) is 25.0 Å². The highest BCUT2D eigenvalue weighted by Gasteiger charge is 2.25. The van der Waals surface area contributed by atoms with E-state index in [0.717, 1.165) is 17.1 Å². The monoisotopic (exact) mass is 420 g/mol. The SMILES string of the molecule is CN=C(NCCNS(=O)(=O)c1ccc(C)cc1)N1CCOC(c2cnn(C)c2)C1. The number of aliphatic imine (C=N–C) groups is 1. The second kappa shape index (κ2) is 9.38. The fourth-order valence-electron chi connectivity index (χ4n) is 3.14. The van der Waals surface area contributed by atoms with Crippen molar-refractivity contribution >= 4 is 16.0 Å². The Morgan fingerprint density at radius 2 is 2.07 bits per heavy atom. The Balaban J connectivity index is 1.50. The molecule has 3 rings (SSSR count). The summed E-state index contributed by atoms with van der Waals surface area (Å²) in [6.45, 7) is 4.55. The lowest BCUT2D eigenvalue weighted by molar-refractivity contribution is -0.00800. The van der Waals surface area contributed by atoms with Crippen LogP contribution in [0, 0.1) is 6.92 Å². The summed E-state index contributed by atoms with van der Waals surface area (Å²) in [6.07, 6.45) is 3.69. The fourth-order valence-corrected chi connectivity index (χ4v) is 4.17. The molecule has 0 aliphatic carbocycles. The molecule has 0 saturated carbocycles. The van der Waals surface area contributed by atoms with Gasteiger partial charge < -0.3 is 15.0 Å². The van der Waals surface area contributed by atoms with E-state index in [1.54, 1.807) is 36.0 Å². The molecule has 2 aromatic rings. The maximum absolute atomic E-state index is 12.4.